The number of hydrogen-bond donors (Lipinski definition) is 1. The summed E-state index contributed by atoms with van der Waals surface area (Å²) in [4.78, 5) is 2.64. The van der Waals surface area contributed by atoms with Crippen molar-refractivity contribution >= 4 is 0 Å². The number of benzene rings is 1. The van der Waals surface area contributed by atoms with Crippen LogP contribution < -0.4 is 4.74 Å². The third-order valence-electron chi connectivity index (χ3n) is 5.00. The Morgan fingerprint density at radius 3 is 2.61 bits per heavy atom. The molecule has 0 bridgehead atoms. The lowest BCUT2D eigenvalue weighted by molar-refractivity contribution is 0.0693. The summed E-state index contributed by atoms with van der Waals surface area (Å²) < 4.78 is 5.36. The number of unbranched alkanes of at least 4 members (excludes halogenated alkanes) is 3. The summed E-state index contributed by atoms with van der Waals surface area (Å²) in [6, 6.07) is 9.04. The van der Waals surface area contributed by atoms with E-state index in [2.05, 4.69) is 30.0 Å². The van der Waals surface area contributed by atoms with Crippen LogP contribution in [0.5, 0.6) is 5.75 Å². The lowest BCUT2D eigenvalue weighted by atomic mass is 9.91. The highest BCUT2D eigenvalue weighted by Crippen LogP contribution is 2.26. The number of aliphatic hydroxyl groups excluding tert-OH is 1. The van der Waals surface area contributed by atoms with Crippen molar-refractivity contribution in [3.05, 3.63) is 29.8 Å². The van der Waals surface area contributed by atoms with Gasteiger partial charge in [0.1, 0.15) is 5.75 Å². The first kappa shape index (κ1) is 18.3. The summed E-state index contributed by atoms with van der Waals surface area (Å²) >= 11 is 0. The smallest absolute Gasteiger partial charge is 0.119 e. The van der Waals surface area contributed by atoms with Crippen LogP contribution in [0.15, 0.2) is 24.3 Å². The zero-order valence-electron chi connectivity index (χ0n) is 14.8. The second kappa shape index (κ2) is 9.94. The molecule has 3 nitrogen and oxygen atoms in total. The molecule has 0 amide bonds. The van der Waals surface area contributed by atoms with Crippen LogP contribution in [-0.4, -0.2) is 35.8 Å². The first-order valence-electron chi connectivity index (χ1n) is 9.28. The van der Waals surface area contributed by atoms with E-state index in [0.717, 1.165) is 44.5 Å². The van der Waals surface area contributed by atoms with Crippen LogP contribution in [0.4, 0.5) is 0 Å². The van der Waals surface area contributed by atoms with Gasteiger partial charge in [0.25, 0.3) is 0 Å². The van der Waals surface area contributed by atoms with E-state index >= 15 is 0 Å². The molecule has 0 aliphatic heterocycles. The third-order valence-corrected chi connectivity index (χ3v) is 5.00. The van der Waals surface area contributed by atoms with Crippen LogP contribution in [-0.2, 0) is 6.54 Å². The summed E-state index contributed by atoms with van der Waals surface area (Å²) in [5.41, 5.74) is 1.32. The van der Waals surface area contributed by atoms with E-state index in [9.17, 15) is 5.11 Å². The van der Waals surface area contributed by atoms with Crippen LogP contribution in [0.2, 0.25) is 0 Å². The highest BCUT2D eigenvalue weighted by atomic mass is 16.5. The highest BCUT2D eigenvalue weighted by Gasteiger charge is 2.24. The van der Waals surface area contributed by atoms with Crippen LogP contribution in [0, 0.1) is 0 Å². The monoisotopic (exact) mass is 319 g/mol. The van der Waals surface area contributed by atoms with Crippen molar-refractivity contribution in [2.75, 3.05) is 13.7 Å². The highest BCUT2D eigenvalue weighted by molar-refractivity contribution is 5.28. The lowest BCUT2D eigenvalue weighted by Crippen LogP contribution is -2.39. The minimum Gasteiger partial charge on any atom is -0.497 e. The van der Waals surface area contributed by atoms with Gasteiger partial charge < -0.3 is 9.84 Å². The molecule has 1 saturated carbocycles. The molecule has 0 aromatic heterocycles. The maximum atomic E-state index is 9.78. The van der Waals surface area contributed by atoms with Crippen molar-refractivity contribution < 1.29 is 9.84 Å². The molecule has 1 aliphatic rings. The van der Waals surface area contributed by atoms with E-state index in [1.54, 1.807) is 7.11 Å². The number of ether oxygens (including phenoxy) is 1. The van der Waals surface area contributed by atoms with Gasteiger partial charge in [-0.05, 0) is 56.3 Å². The Morgan fingerprint density at radius 2 is 1.91 bits per heavy atom. The maximum absolute atomic E-state index is 9.78. The molecular weight excluding hydrogens is 286 g/mol. The Bertz CT molecular complexity index is 441. The lowest BCUT2D eigenvalue weighted by Gasteiger charge is -2.36. The van der Waals surface area contributed by atoms with Crippen LogP contribution in [0.25, 0.3) is 0 Å². The fourth-order valence-electron chi connectivity index (χ4n) is 3.56. The SMILES string of the molecule is CCCCCCN(Cc1cccc(OC)c1)C1CCC(O)CC1. The molecule has 2 rings (SSSR count). The quantitative estimate of drug-likeness (QED) is 0.686. The molecule has 0 saturated heterocycles. The summed E-state index contributed by atoms with van der Waals surface area (Å²) in [6.07, 6.45) is 9.28. The number of hydrogen-bond acceptors (Lipinski definition) is 3. The van der Waals surface area contributed by atoms with Crippen molar-refractivity contribution in [3.63, 3.8) is 0 Å². The Labute approximate surface area is 141 Å². The molecule has 0 unspecified atom stereocenters. The molecule has 1 aliphatic carbocycles. The van der Waals surface area contributed by atoms with Gasteiger partial charge in [-0.2, -0.15) is 0 Å². The molecule has 130 valence electrons. The van der Waals surface area contributed by atoms with E-state index in [-0.39, 0.29) is 6.10 Å². The van der Waals surface area contributed by atoms with E-state index in [4.69, 9.17) is 4.74 Å². The number of nitrogens with zero attached hydrogens (tertiary/aromatic N) is 1. The normalized spacial score (nSPS) is 21.6. The van der Waals surface area contributed by atoms with Crippen LogP contribution in [0.3, 0.4) is 0 Å². The second-order valence-corrected chi connectivity index (χ2v) is 6.85. The van der Waals surface area contributed by atoms with E-state index < -0.39 is 0 Å². The molecule has 0 heterocycles. The number of aliphatic hydroxyl groups is 1. The third kappa shape index (κ3) is 6.15. The summed E-state index contributed by atoms with van der Waals surface area (Å²) in [5.74, 6) is 0.937. The van der Waals surface area contributed by atoms with Gasteiger partial charge in [-0.1, -0.05) is 38.3 Å². The molecule has 0 spiro atoms. The molecule has 0 radical (unpaired) electrons. The zero-order valence-corrected chi connectivity index (χ0v) is 14.8. The van der Waals surface area contributed by atoms with Crippen molar-refractivity contribution in [1.82, 2.24) is 4.90 Å². The van der Waals surface area contributed by atoms with Gasteiger partial charge in [-0.25, -0.2) is 0 Å². The first-order chi connectivity index (χ1) is 11.2. The summed E-state index contributed by atoms with van der Waals surface area (Å²) in [5, 5.41) is 9.78. The summed E-state index contributed by atoms with van der Waals surface area (Å²) in [7, 11) is 1.73. The Hall–Kier alpha value is -1.06. The molecule has 1 N–H and O–H groups in total. The van der Waals surface area contributed by atoms with Crippen molar-refractivity contribution in [2.45, 2.75) is 77.0 Å². The van der Waals surface area contributed by atoms with E-state index in [0.29, 0.717) is 6.04 Å². The van der Waals surface area contributed by atoms with Gasteiger partial charge in [0, 0.05) is 12.6 Å². The van der Waals surface area contributed by atoms with Crippen LogP contribution in [0.1, 0.15) is 63.9 Å². The Balaban J connectivity index is 1.96. The molecule has 1 fully saturated rings. The average molecular weight is 319 g/mol. The minimum atomic E-state index is -0.0787. The Morgan fingerprint density at radius 1 is 1.13 bits per heavy atom. The first-order valence-corrected chi connectivity index (χ1v) is 9.28. The topological polar surface area (TPSA) is 32.7 Å². The maximum Gasteiger partial charge on any atom is 0.119 e. The van der Waals surface area contributed by atoms with Gasteiger partial charge in [0.15, 0.2) is 0 Å². The molecule has 23 heavy (non-hydrogen) atoms. The van der Waals surface area contributed by atoms with Crippen molar-refractivity contribution in [3.8, 4) is 5.75 Å². The number of rotatable bonds is 9. The van der Waals surface area contributed by atoms with E-state index in [1.807, 2.05) is 6.07 Å². The predicted molar refractivity (Wildman–Crippen MR) is 95.8 cm³/mol. The van der Waals surface area contributed by atoms with Crippen molar-refractivity contribution in [2.24, 2.45) is 0 Å². The molecule has 1 aromatic carbocycles. The largest absolute Gasteiger partial charge is 0.497 e. The molecule has 1 aromatic rings. The molecule has 3 heteroatoms. The van der Waals surface area contributed by atoms with Crippen molar-refractivity contribution in [1.29, 1.82) is 0 Å². The molecule has 0 atom stereocenters. The number of methoxy groups -OCH3 is 1. The standard InChI is InChI=1S/C20H33NO2/c1-3-4-5-6-14-21(18-10-12-19(22)13-11-18)16-17-8-7-9-20(15-17)23-2/h7-9,15,18-19,22H,3-6,10-14,16H2,1-2H3. The van der Waals surface area contributed by atoms with Gasteiger partial charge >= 0.3 is 0 Å². The minimum absolute atomic E-state index is 0.0787. The van der Waals surface area contributed by atoms with Gasteiger partial charge in [-0.3, -0.25) is 4.90 Å². The second-order valence-electron chi connectivity index (χ2n) is 6.85. The fraction of sp³-hybridized carbons (Fsp3) is 0.700. The van der Waals surface area contributed by atoms with E-state index in [1.165, 1.54) is 31.2 Å². The molecular formula is C20H33NO2. The van der Waals surface area contributed by atoms with Gasteiger partial charge in [0.2, 0.25) is 0 Å². The van der Waals surface area contributed by atoms with Gasteiger partial charge in [0.05, 0.1) is 13.2 Å². The van der Waals surface area contributed by atoms with Gasteiger partial charge in [-0.15, -0.1) is 0 Å². The Kier molecular flexibility index (Phi) is 7.90. The van der Waals surface area contributed by atoms with Crippen LogP contribution >= 0.6 is 0 Å². The fourth-order valence-corrected chi connectivity index (χ4v) is 3.56. The predicted octanol–water partition coefficient (Wildman–Crippen LogP) is 4.38. The zero-order chi connectivity index (χ0) is 16.5. The average Bonchev–Trinajstić information content (AvgIpc) is 2.58. The summed E-state index contributed by atoms with van der Waals surface area (Å²) in [6.45, 7) is 4.42.